The fourth-order valence-electron chi connectivity index (χ4n) is 2.74. The second-order valence-corrected chi connectivity index (χ2v) is 6.08. The Morgan fingerprint density at radius 3 is 1.83 bits per heavy atom. The number of alkyl halides is 6. The molecule has 0 amide bonds. The fourth-order valence-corrected chi connectivity index (χ4v) is 2.74. The maximum atomic E-state index is 13.1. The van der Waals surface area contributed by atoms with Gasteiger partial charge in [-0.3, -0.25) is 4.98 Å². The summed E-state index contributed by atoms with van der Waals surface area (Å²) >= 11 is 0. The number of aromatic carboxylic acids is 1. The number of nitrogens with zero attached hydrogens (tertiary/aromatic N) is 1. The molecule has 0 aliphatic rings. The average Bonchev–Trinajstić information content (AvgIpc) is 2.66. The largest absolute Gasteiger partial charge is 0.478 e. The zero-order valence-electron chi connectivity index (χ0n) is 14.3. The third kappa shape index (κ3) is 4.39. The molecule has 3 nitrogen and oxygen atoms in total. The molecule has 0 saturated heterocycles. The van der Waals surface area contributed by atoms with Crippen LogP contribution in [-0.4, -0.2) is 16.1 Å². The molecule has 0 spiro atoms. The van der Waals surface area contributed by atoms with E-state index in [4.69, 9.17) is 0 Å². The Morgan fingerprint density at radius 2 is 1.31 bits per heavy atom. The molecule has 150 valence electrons. The van der Waals surface area contributed by atoms with Crippen molar-refractivity contribution < 1.29 is 36.2 Å². The van der Waals surface area contributed by atoms with Crippen LogP contribution in [0.1, 0.15) is 21.5 Å². The predicted molar refractivity (Wildman–Crippen MR) is 92.1 cm³/mol. The molecule has 0 bridgehead atoms. The van der Waals surface area contributed by atoms with Crippen LogP contribution in [0, 0.1) is 0 Å². The predicted octanol–water partition coefficient (Wildman–Crippen LogP) is 6.15. The SMILES string of the molecule is O=C(O)c1cnc(-c2cccc(C(F)(F)F)c2)c(-c2cccc(C(F)(F)F)c2)c1. The molecule has 0 unspecified atom stereocenters. The zero-order valence-corrected chi connectivity index (χ0v) is 14.3. The van der Waals surface area contributed by atoms with E-state index in [-0.39, 0.29) is 27.9 Å². The number of carboxylic acid groups (broad SMARTS) is 1. The molecule has 2 aromatic carbocycles. The van der Waals surface area contributed by atoms with Crippen LogP contribution in [0.25, 0.3) is 22.4 Å². The highest BCUT2D eigenvalue weighted by molar-refractivity contribution is 5.92. The number of carbonyl (C=O) groups is 1. The topological polar surface area (TPSA) is 50.2 Å². The summed E-state index contributed by atoms with van der Waals surface area (Å²) < 4.78 is 78.3. The molecule has 9 heteroatoms. The van der Waals surface area contributed by atoms with Crippen molar-refractivity contribution in [3.8, 4) is 22.4 Å². The summed E-state index contributed by atoms with van der Waals surface area (Å²) in [6, 6.07) is 9.24. The van der Waals surface area contributed by atoms with Crippen molar-refractivity contribution in [3.63, 3.8) is 0 Å². The second kappa shape index (κ2) is 7.23. The summed E-state index contributed by atoms with van der Waals surface area (Å²) in [6.07, 6.45) is -8.34. The van der Waals surface area contributed by atoms with E-state index in [1.807, 2.05) is 0 Å². The molecule has 0 atom stereocenters. The molecule has 3 rings (SSSR count). The lowest BCUT2D eigenvalue weighted by molar-refractivity contribution is -0.138. The molecule has 0 fully saturated rings. The third-order valence-electron chi connectivity index (χ3n) is 4.10. The van der Waals surface area contributed by atoms with Gasteiger partial charge in [-0.1, -0.05) is 24.3 Å². The summed E-state index contributed by atoms with van der Waals surface area (Å²) in [4.78, 5) is 15.2. The summed E-state index contributed by atoms with van der Waals surface area (Å²) in [5.41, 5.74) is -2.39. The van der Waals surface area contributed by atoms with Gasteiger partial charge in [0.2, 0.25) is 0 Å². The van der Waals surface area contributed by atoms with Crippen LogP contribution in [0.15, 0.2) is 60.8 Å². The van der Waals surface area contributed by atoms with Crippen LogP contribution in [-0.2, 0) is 12.4 Å². The van der Waals surface area contributed by atoms with Crippen LogP contribution in [0.3, 0.4) is 0 Å². The van der Waals surface area contributed by atoms with Crippen molar-refractivity contribution >= 4 is 5.97 Å². The highest BCUT2D eigenvalue weighted by atomic mass is 19.4. The van der Waals surface area contributed by atoms with Gasteiger partial charge in [0.05, 0.1) is 22.4 Å². The normalized spacial score (nSPS) is 12.1. The van der Waals surface area contributed by atoms with E-state index in [1.165, 1.54) is 12.1 Å². The molecule has 0 aliphatic heterocycles. The van der Waals surface area contributed by atoms with E-state index >= 15 is 0 Å². The summed E-state index contributed by atoms with van der Waals surface area (Å²) in [5, 5.41) is 9.18. The van der Waals surface area contributed by atoms with Gasteiger partial charge in [-0.2, -0.15) is 26.3 Å². The lowest BCUT2D eigenvalue weighted by atomic mass is 9.95. The number of halogens is 6. The van der Waals surface area contributed by atoms with Gasteiger partial charge in [-0.15, -0.1) is 0 Å². The van der Waals surface area contributed by atoms with Gasteiger partial charge < -0.3 is 5.11 Å². The van der Waals surface area contributed by atoms with E-state index in [1.54, 1.807) is 0 Å². The smallest absolute Gasteiger partial charge is 0.416 e. The Balaban J connectivity index is 2.24. The molecule has 1 aromatic heterocycles. The summed E-state index contributed by atoms with van der Waals surface area (Å²) in [5.74, 6) is -1.37. The number of aromatic nitrogens is 1. The molecule has 0 saturated carbocycles. The average molecular weight is 411 g/mol. The molecule has 1 heterocycles. The number of rotatable bonds is 3. The molecule has 29 heavy (non-hydrogen) atoms. The van der Waals surface area contributed by atoms with E-state index in [9.17, 15) is 36.2 Å². The van der Waals surface area contributed by atoms with Crippen molar-refractivity contribution in [2.24, 2.45) is 0 Å². The zero-order chi connectivity index (χ0) is 21.4. The van der Waals surface area contributed by atoms with E-state index in [0.717, 1.165) is 48.7 Å². The minimum atomic E-state index is -4.65. The van der Waals surface area contributed by atoms with Crippen LogP contribution in [0.4, 0.5) is 26.3 Å². The van der Waals surface area contributed by atoms with Crippen molar-refractivity contribution in [2.75, 3.05) is 0 Å². The van der Waals surface area contributed by atoms with E-state index < -0.39 is 29.4 Å². The highest BCUT2D eigenvalue weighted by Gasteiger charge is 2.32. The van der Waals surface area contributed by atoms with Gasteiger partial charge in [0, 0.05) is 17.3 Å². The Kier molecular flexibility index (Phi) is 5.08. The van der Waals surface area contributed by atoms with Gasteiger partial charge in [-0.25, -0.2) is 4.79 Å². The van der Waals surface area contributed by atoms with Crippen molar-refractivity contribution in [2.45, 2.75) is 12.4 Å². The number of pyridine rings is 1. The summed E-state index contributed by atoms with van der Waals surface area (Å²) in [6.45, 7) is 0. The standard InChI is InChI=1S/C20H11F6NO2/c21-19(22,23)14-5-1-3-11(7-14)16-9-13(18(28)29)10-27-17(16)12-4-2-6-15(8-12)20(24,25)26/h1-10H,(H,28,29). The fraction of sp³-hybridized carbons (Fsp3) is 0.100. The first-order chi connectivity index (χ1) is 13.5. The van der Waals surface area contributed by atoms with Crippen LogP contribution >= 0.6 is 0 Å². The molecular weight excluding hydrogens is 400 g/mol. The molecule has 3 aromatic rings. The van der Waals surface area contributed by atoms with Crippen molar-refractivity contribution in [1.82, 2.24) is 4.98 Å². The van der Waals surface area contributed by atoms with Crippen LogP contribution in [0.2, 0.25) is 0 Å². The first kappa shape index (κ1) is 20.4. The van der Waals surface area contributed by atoms with E-state index in [2.05, 4.69) is 4.98 Å². The molecule has 1 N–H and O–H groups in total. The number of hydrogen-bond donors (Lipinski definition) is 1. The highest BCUT2D eigenvalue weighted by Crippen LogP contribution is 2.37. The number of hydrogen-bond acceptors (Lipinski definition) is 2. The first-order valence-corrected chi connectivity index (χ1v) is 8.05. The molecule has 0 radical (unpaired) electrons. The Morgan fingerprint density at radius 1 is 0.793 bits per heavy atom. The van der Waals surface area contributed by atoms with Crippen LogP contribution < -0.4 is 0 Å². The van der Waals surface area contributed by atoms with Gasteiger partial charge in [0.25, 0.3) is 0 Å². The van der Waals surface area contributed by atoms with Gasteiger partial charge in [0.15, 0.2) is 0 Å². The second-order valence-electron chi connectivity index (χ2n) is 6.08. The van der Waals surface area contributed by atoms with Crippen LogP contribution in [0.5, 0.6) is 0 Å². The Hall–Kier alpha value is -3.36. The third-order valence-corrected chi connectivity index (χ3v) is 4.10. The minimum absolute atomic E-state index is 0.0100. The lowest BCUT2D eigenvalue weighted by Gasteiger charge is -2.14. The quantitative estimate of drug-likeness (QED) is 0.526. The lowest BCUT2D eigenvalue weighted by Crippen LogP contribution is -2.06. The Bertz CT molecular complexity index is 1070. The van der Waals surface area contributed by atoms with E-state index in [0.29, 0.717) is 0 Å². The Labute approximate surface area is 160 Å². The summed E-state index contributed by atoms with van der Waals surface area (Å²) in [7, 11) is 0. The van der Waals surface area contributed by atoms with Gasteiger partial charge in [0.1, 0.15) is 0 Å². The number of benzene rings is 2. The van der Waals surface area contributed by atoms with Gasteiger partial charge >= 0.3 is 18.3 Å². The monoisotopic (exact) mass is 411 g/mol. The maximum absolute atomic E-state index is 13.1. The van der Waals surface area contributed by atoms with Crippen molar-refractivity contribution in [1.29, 1.82) is 0 Å². The molecule has 0 aliphatic carbocycles. The molecular formula is C20H11F6NO2. The minimum Gasteiger partial charge on any atom is -0.478 e. The van der Waals surface area contributed by atoms with Crippen molar-refractivity contribution in [3.05, 3.63) is 77.5 Å². The first-order valence-electron chi connectivity index (χ1n) is 8.05. The maximum Gasteiger partial charge on any atom is 0.416 e. The number of carboxylic acids is 1. The van der Waals surface area contributed by atoms with Gasteiger partial charge in [-0.05, 0) is 35.9 Å².